The molecule has 0 spiro atoms. The molecule has 0 bridgehead atoms. The summed E-state index contributed by atoms with van der Waals surface area (Å²) in [6, 6.07) is 6.29. The van der Waals surface area contributed by atoms with Gasteiger partial charge < -0.3 is 9.64 Å². The van der Waals surface area contributed by atoms with E-state index in [0.717, 1.165) is 36.1 Å². The van der Waals surface area contributed by atoms with Gasteiger partial charge >= 0.3 is 5.97 Å². The van der Waals surface area contributed by atoms with Gasteiger partial charge in [-0.15, -0.1) is 0 Å². The van der Waals surface area contributed by atoms with E-state index in [2.05, 4.69) is 28.2 Å². The van der Waals surface area contributed by atoms with Crippen LogP contribution in [-0.4, -0.2) is 35.9 Å². The number of aryl methyl sites for hydroxylation is 1. The number of carbonyl (C=O) groups excluding carboxylic acids is 1. The lowest BCUT2D eigenvalue weighted by atomic mass is 10.1. The van der Waals surface area contributed by atoms with Crippen LogP contribution in [0.4, 0.5) is 5.69 Å². The summed E-state index contributed by atoms with van der Waals surface area (Å²) in [4.78, 5) is 13.8. The van der Waals surface area contributed by atoms with Crippen LogP contribution in [0.3, 0.4) is 0 Å². The third kappa shape index (κ3) is 2.05. The minimum atomic E-state index is -0.107. The molecular formula is C14H17N3O2. The molecule has 1 atom stereocenters. The Labute approximate surface area is 111 Å². The van der Waals surface area contributed by atoms with Crippen LogP contribution in [0.25, 0.3) is 10.9 Å². The fraction of sp³-hybridized carbons (Fsp3) is 0.429. The summed E-state index contributed by atoms with van der Waals surface area (Å²) < 4.78 is 6.68. The van der Waals surface area contributed by atoms with Gasteiger partial charge in [0.25, 0.3) is 0 Å². The number of benzene rings is 1. The Hall–Kier alpha value is -2.04. The van der Waals surface area contributed by atoms with Gasteiger partial charge in [-0.3, -0.25) is 9.48 Å². The zero-order valence-corrected chi connectivity index (χ0v) is 11.2. The van der Waals surface area contributed by atoms with Crippen LogP contribution < -0.4 is 4.90 Å². The quantitative estimate of drug-likeness (QED) is 0.768. The van der Waals surface area contributed by atoms with Crippen LogP contribution in [0.15, 0.2) is 24.4 Å². The number of fused-ring (bicyclic) bond motifs is 1. The van der Waals surface area contributed by atoms with Gasteiger partial charge in [0.2, 0.25) is 0 Å². The number of anilines is 1. The number of hydrogen-bond donors (Lipinski definition) is 0. The second-order valence-corrected chi connectivity index (χ2v) is 4.97. The molecule has 1 unspecified atom stereocenters. The first-order chi connectivity index (χ1) is 9.19. The predicted octanol–water partition coefficient (Wildman–Crippen LogP) is 1.57. The summed E-state index contributed by atoms with van der Waals surface area (Å²) in [6.45, 7) is 1.62. The highest BCUT2D eigenvalue weighted by Gasteiger charge is 2.29. The van der Waals surface area contributed by atoms with Crippen LogP contribution in [0.2, 0.25) is 0 Å². The number of methoxy groups -OCH3 is 1. The van der Waals surface area contributed by atoms with Gasteiger partial charge in [-0.1, -0.05) is 0 Å². The van der Waals surface area contributed by atoms with Crippen LogP contribution in [0.1, 0.15) is 6.42 Å². The van der Waals surface area contributed by atoms with Crippen molar-refractivity contribution >= 4 is 22.6 Å². The molecular weight excluding hydrogens is 242 g/mol. The van der Waals surface area contributed by atoms with Crippen molar-refractivity contribution in [2.75, 3.05) is 25.1 Å². The van der Waals surface area contributed by atoms with E-state index in [1.165, 1.54) is 7.11 Å². The Balaban J connectivity index is 1.85. The molecule has 1 aliphatic rings. The lowest BCUT2D eigenvalue weighted by molar-refractivity contribution is -0.144. The molecule has 100 valence electrons. The largest absolute Gasteiger partial charge is 0.469 e. The standard InChI is InChI=1S/C14H17N3O2/c1-16-13-7-12(4-3-10(13)8-15-16)17-6-5-11(9-17)14(18)19-2/h3-4,7-8,11H,5-6,9H2,1-2H3. The summed E-state index contributed by atoms with van der Waals surface area (Å²) in [6.07, 6.45) is 2.72. The van der Waals surface area contributed by atoms with Crippen molar-refractivity contribution in [2.24, 2.45) is 13.0 Å². The number of aromatic nitrogens is 2. The first-order valence-electron chi connectivity index (χ1n) is 6.43. The molecule has 5 heteroatoms. The Morgan fingerprint density at radius 1 is 1.47 bits per heavy atom. The van der Waals surface area contributed by atoms with Crippen molar-refractivity contribution in [3.63, 3.8) is 0 Å². The van der Waals surface area contributed by atoms with Crippen molar-refractivity contribution in [1.82, 2.24) is 9.78 Å². The Bertz CT molecular complexity index is 620. The molecule has 1 aliphatic heterocycles. The fourth-order valence-corrected chi connectivity index (χ4v) is 2.68. The van der Waals surface area contributed by atoms with Gasteiger partial charge in [0.15, 0.2) is 0 Å². The average molecular weight is 259 g/mol. The van der Waals surface area contributed by atoms with E-state index >= 15 is 0 Å². The molecule has 0 amide bonds. The number of rotatable bonds is 2. The smallest absolute Gasteiger partial charge is 0.310 e. The van der Waals surface area contributed by atoms with Crippen LogP contribution >= 0.6 is 0 Å². The van der Waals surface area contributed by atoms with Gasteiger partial charge in [0.1, 0.15) is 0 Å². The zero-order valence-electron chi connectivity index (χ0n) is 11.2. The molecule has 0 N–H and O–H groups in total. The number of esters is 1. The lowest BCUT2D eigenvalue weighted by Crippen LogP contribution is -2.23. The van der Waals surface area contributed by atoms with Crippen molar-refractivity contribution < 1.29 is 9.53 Å². The molecule has 1 aromatic heterocycles. The maximum absolute atomic E-state index is 11.6. The van der Waals surface area contributed by atoms with Crippen molar-refractivity contribution in [3.05, 3.63) is 24.4 Å². The van der Waals surface area contributed by atoms with Crippen molar-refractivity contribution in [2.45, 2.75) is 6.42 Å². The summed E-state index contributed by atoms with van der Waals surface area (Å²) in [5.74, 6) is -0.114. The normalized spacial score (nSPS) is 19.1. The number of ether oxygens (including phenoxy) is 1. The lowest BCUT2D eigenvalue weighted by Gasteiger charge is -2.18. The molecule has 0 saturated carbocycles. The van der Waals surface area contributed by atoms with Crippen LogP contribution in [0, 0.1) is 5.92 Å². The monoisotopic (exact) mass is 259 g/mol. The minimum Gasteiger partial charge on any atom is -0.469 e. The van der Waals surface area contributed by atoms with E-state index in [1.807, 2.05) is 17.9 Å². The number of carbonyl (C=O) groups is 1. The highest BCUT2D eigenvalue weighted by atomic mass is 16.5. The first-order valence-corrected chi connectivity index (χ1v) is 6.43. The molecule has 19 heavy (non-hydrogen) atoms. The number of hydrogen-bond acceptors (Lipinski definition) is 4. The molecule has 5 nitrogen and oxygen atoms in total. The van der Waals surface area contributed by atoms with Crippen LogP contribution in [-0.2, 0) is 16.6 Å². The van der Waals surface area contributed by atoms with Gasteiger partial charge in [0.05, 0.1) is 24.7 Å². The van der Waals surface area contributed by atoms with Crippen LogP contribution in [0.5, 0.6) is 0 Å². The van der Waals surface area contributed by atoms with Gasteiger partial charge in [-0.2, -0.15) is 5.10 Å². The SMILES string of the molecule is COC(=O)C1CCN(c2ccc3cnn(C)c3c2)C1. The average Bonchev–Trinajstić information content (AvgIpc) is 3.05. The molecule has 1 saturated heterocycles. The Morgan fingerprint density at radius 3 is 3.11 bits per heavy atom. The third-order valence-corrected chi connectivity index (χ3v) is 3.82. The van der Waals surface area contributed by atoms with E-state index in [-0.39, 0.29) is 11.9 Å². The Kier molecular flexibility index (Phi) is 2.89. The molecule has 0 radical (unpaired) electrons. The van der Waals surface area contributed by atoms with Gasteiger partial charge in [-0.25, -0.2) is 0 Å². The topological polar surface area (TPSA) is 47.4 Å². The fourth-order valence-electron chi connectivity index (χ4n) is 2.68. The molecule has 2 heterocycles. The van der Waals surface area contributed by atoms with Gasteiger partial charge in [0, 0.05) is 31.2 Å². The Morgan fingerprint density at radius 2 is 2.32 bits per heavy atom. The molecule has 0 aliphatic carbocycles. The maximum atomic E-state index is 11.6. The number of nitrogens with zero attached hydrogens (tertiary/aromatic N) is 3. The summed E-state index contributed by atoms with van der Waals surface area (Å²) in [7, 11) is 3.39. The van der Waals surface area contributed by atoms with E-state index in [1.54, 1.807) is 0 Å². The summed E-state index contributed by atoms with van der Waals surface area (Å²) in [5, 5.41) is 5.38. The van der Waals surface area contributed by atoms with Crippen molar-refractivity contribution in [1.29, 1.82) is 0 Å². The summed E-state index contributed by atoms with van der Waals surface area (Å²) in [5.41, 5.74) is 2.25. The summed E-state index contributed by atoms with van der Waals surface area (Å²) >= 11 is 0. The first kappa shape index (κ1) is 12.0. The maximum Gasteiger partial charge on any atom is 0.310 e. The molecule has 1 aromatic carbocycles. The van der Waals surface area contributed by atoms with Crippen molar-refractivity contribution in [3.8, 4) is 0 Å². The second kappa shape index (κ2) is 4.57. The van der Waals surface area contributed by atoms with E-state index in [9.17, 15) is 4.79 Å². The third-order valence-electron chi connectivity index (χ3n) is 3.82. The van der Waals surface area contributed by atoms with E-state index in [0.29, 0.717) is 0 Å². The second-order valence-electron chi connectivity index (χ2n) is 4.97. The molecule has 1 fully saturated rings. The minimum absolute atomic E-state index is 0.00719. The zero-order chi connectivity index (χ0) is 13.4. The predicted molar refractivity (Wildman–Crippen MR) is 73.1 cm³/mol. The van der Waals surface area contributed by atoms with E-state index in [4.69, 9.17) is 4.74 Å². The van der Waals surface area contributed by atoms with E-state index < -0.39 is 0 Å². The molecule has 3 rings (SSSR count). The molecule has 2 aromatic rings. The highest BCUT2D eigenvalue weighted by Crippen LogP contribution is 2.27. The highest BCUT2D eigenvalue weighted by molar-refractivity contribution is 5.83. The van der Waals surface area contributed by atoms with Gasteiger partial charge in [-0.05, 0) is 24.6 Å².